The topological polar surface area (TPSA) is 111 Å². The fourth-order valence-corrected chi connectivity index (χ4v) is 1.88. The molecule has 0 aromatic rings. The lowest BCUT2D eigenvalue weighted by atomic mass is 9.46. The van der Waals surface area contributed by atoms with Crippen molar-refractivity contribution in [1.29, 1.82) is 21.0 Å². The standard InChI is InChI=1S/C11H10N6/c1-17(2)16-4-9-3-10(5-12,6-13)11(9,7-14)8-15/h4,9H,3H2,1-2H3. The average molecular weight is 226 g/mol. The molecular formula is C11H10N6. The molecular weight excluding hydrogens is 216 g/mol. The van der Waals surface area contributed by atoms with Gasteiger partial charge in [-0.05, 0) is 6.42 Å². The van der Waals surface area contributed by atoms with Crippen LogP contribution in [0.25, 0.3) is 0 Å². The van der Waals surface area contributed by atoms with Crippen LogP contribution in [-0.2, 0) is 0 Å². The van der Waals surface area contributed by atoms with Crippen molar-refractivity contribution >= 4 is 6.21 Å². The third-order valence-corrected chi connectivity index (χ3v) is 2.97. The first-order valence-electron chi connectivity index (χ1n) is 4.88. The van der Waals surface area contributed by atoms with Gasteiger partial charge >= 0.3 is 0 Å². The van der Waals surface area contributed by atoms with Crippen LogP contribution in [0.15, 0.2) is 5.10 Å². The molecule has 1 aliphatic carbocycles. The maximum atomic E-state index is 9.12. The van der Waals surface area contributed by atoms with Crippen molar-refractivity contribution in [3.8, 4) is 24.3 Å². The highest BCUT2D eigenvalue weighted by atomic mass is 15.4. The van der Waals surface area contributed by atoms with Gasteiger partial charge in [0.25, 0.3) is 0 Å². The molecule has 84 valence electrons. The zero-order valence-corrected chi connectivity index (χ0v) is 9.55. The van der Waals surface area contributed by atoms with Crippen molar-refractivity contribution in [3.63, 3.8) is 0 Å². The van der Waals surface area contributed by atoms with E-state index < -0.39 is 16.7 Å². The summed E-state index contributed by atoms with van der Waals surface area (Å²) in [7, 11) is 3.41. The Morgan fingerprint density at radius 1 is 1.12 bits per heavy atom. The molecule has 0 spiro atoms. The van der Waals surface area contributed by atoms with E-state index in [1.165, 1.54) is 11.2 Å². The molecule has 1 atom stereocenters. The second-order valence-corrected chi connectivity index (χ2v) is 4.08. The summed E-state index contributed by atoms with van der Waals surface area (Å²) in [5.74, 6) is -0.487. The molecule has 0 heterocycles. The lowest BCUT2D eigenvalue weighted by Gasteiger charge is -2.46. The van der Waals surface area contributed by atoms with Crippen LogP contribution in [-0.4, -0.2) is 25.3 Å². The minimum atomic E-state index is -1.62. The Labute approximate surface area is 99.6 Å². The summed E-state index contributed by atoms with van der Waals surface area (Å²) in [5.41, 5.74) is -3.16. The number of hydrogen-bond donors (Lipinski definition) is 0. The summed E-state index contributed by atoms with van der Waals surface area (Å²) < 4.78 is 0. The van der Waals surface area contributed by atoms with Crippen molar-refractivity contribution in [2.24, 2.45) is 21.8 Å². The van der Waals surface area contributed by atoms with Gasteiger partial charge in [-0.2, -0.15) is 26.1 Å². The van der Waals surface area contributed by atoms with E-state index >= 15 is 0 Å². The zero-order chi connectivity index (χ0) is 13.1. The van der Waals surface area contributed by atoms with Crippen molar-refractivity contribution in [2.75, 3.05) is 14.1 Å². The number of hydrazone groups is 1. The first-order valence-corrected chi connectivity index (χ1v) is 4.88. The number of hydrogen-bond acceptors (Lipinski definition) is 6. The fraction of sp³-hybridized carbons (Fsp3) is 0.545. The SMILES string of the molecule is CN(C)N=CC1CC(C#N)(C#N)C1(C#N)C#N. The molecule has 1 fully saturated rings. The van der Waals surface area contributed by atoms with Gasteiger partial charge in [0.15, 0.2) is 10.8 Å². The van der Waals surface area contributed by atoms with E-state index in [2.05, 4.69) is 5.10 Å². The van der Waals surface area contributed by atoms with E-state index in [1.807, 2.05) is 12.1 Å². The van der Waals surface area contributed by atoms with E-state index in [4.69, 9.17) is 21.0 Å². The molecule has 6 heteroatoms. The van der Waals surface area contributed by atoms with Gasteiger partial charge in [-0.1, -0.05) is 0 Å². The van der Waals surface area contributed by atoms with Gasteiger partial charge in [0.2, 0.25) is 0 Å². The van der Waals surface area contributed by atoms with E-state index in [-0.39, 0.29) is 6.42 Å². The maximum Gasteiger partial charge on any atom is 0.183 e. The second-order valence-electron chi connectivity index (χ2n) is 4.08. The summed E-state index contributed by atoms with van der Waals surface area (Å²) in [6, 6.07) is 7.22. The summed E-state index contributed by atoms with van der Waals surface area (Å²) >= 11 is 0. The quantitative estimate of drug-likeness (QED) is 0.506. The Morgan fingerprint density at radius 2 is 1.65 bits per heavy atom. The molecule has 0 saturated heterocycles. The minimum Gasteiger partial charge on any atom is -0.303 e. The van der Waals surface area contributed by atoms with Crippen LogP contribution in [0.2, 0.25) is 0 Å². The summed E-state index contributed by atoms with van der Waals surface area (Å²) in [4.78, 5) is 0. The van der Waals surface area contributed by atoms with Crippen LogP contribution in [0.3, 0.4) is 0 Å². The van der Waals surface area contributed by atoms with E-state index in [9.17, 15) is 0 Å². The molecule has 6 nitrogen and oxygen atoms in total. The molecule has 0 radical (unpaired) electrons. The molecule has 0 amide bonds. The average Bonchev–Trinajstić information content (AvgIpc) is 2.30. The van der Waals surface area contributed by atoms with Crippen LogP contribution in [0.5, 0.6) is 0 Å². The Bertz CT molecular complexity index is 476. The molecule has 0 aliphatic heterocycles. The third-order valence-electron chi connectivity index (χ3n) is 2.97. The second kappa shape index (κ2) is 4.12. The lowest BCUT2D eigenvalue weighted by molar-refractivity contribution is 0.0879. The molecule has 1 aliphatic rings. The summed E-state index contributed by atoms with van der Waals surface area (Å²) in [6.07, 6.45) is 1.62. The number of nitrogens with zero attached hydrogens (tertiary/aromatic N) is 6. The van der Waals surface area contributed by atoms with Gasteiger partial charge in [-0.15, -0.1) is 0 Å². The molecule has 17 heavy (non-hydrogen) atoms. The van der Waals surface area contributed by atoms with Gasteiger partial charge < -0.3 is 5.01 Å². The molecule has 0 aromatic carbocycles. The minimum absolute atomic E-state index is 0.165. The predicted octanol–water partition coefficient (Wildman–Crippen LogP) is 0.621. The molecule has 1 rings (SSSR count). The van der Waals surface area contributed by atoms with Crippen molar-refractivity contribution in [1.82, 2.24) is 5.01 Å². The molecule has 0 bridgehead atoms. The number of nitriles is 4. The van der Waals surface area contributed by atoms with Crippen molar-refractivity contribution in [2.45, 2.75) is 6.42 Å². The predicted molar refractivity (Wildman–Crippen MR) is 57.6 cm³/mol. The van der Waals surface area contributed by atoms with Gasteiger partial charge in [0.1, 0.15) is 0 Å². The van der Waals surface area contributed by atoms with Crippen LogP contribution in [0.1, 0.15) is 6.42 Å². The van der Waals surface area contributed by atoms with Crippen LogP contribution < -0.4 is 0 Å². The van der Waals surface area contributed by atoms with Crippen molar-refractivity contribution in [3.05, 3.63) is 0 Å². The summed E-state index contributed by atoms with van der Waals surface area (Å²) in [5, 5.41) is 41.7. The van der Waals surface area contributed by atoms with Crippen LogP contribution in [0.4, 0.5) is 0 Å². The number of rotatable bonds is 2. The van der Waals surface area contributed by atoms with Gasteiger partial charge in [0, 0.05) is 26.2 Å². The first kappa shape index (κ1) is 12.5. The molecule has 1 saturated carbocycles. The molecule has 0 aromatic heterocycles. The Balaban J connectivity index is 3.14. The highest BCUT2D eigenvalue weighted by Gasteiger charge is 2.68. The smallest absolute Gasteiger partial charge is 0.183 e. The van der Waals surface area contributed by atoms with E-state index in [0.717, 1.165) is 0 Å². The van der Waals surface area contributed by atoms with Crippen molar-refractivity contribution < 1.29 is 0 Å². The van der Waals surface area contributed by atoms with Crippen LogP contribution in [0, 0.1) is 62.1 Å². The first-order chi connectivity index (χ1) is 8.01. The Hall–Kier alpha value is -2.57. The molecule has 1 unspecified atom stereocenters. The Kier molecular flexibility index (Phi) is 3.03. The normalized spacial score (nSPS) is 23.5. The highest BCUT2D eigenvalue weighted by molar-refractivity contribution is 5.69. The third kappa shape index (κ3) is 1.48. The highest BCUT2D eigenvalue weighted by Crippen LogP contribution is 2.59. The lowest BCUT2D eigenvalue weighted by Crippen LogP contribution is -2.56. The monoisotopic (exact) mass is 226 g/mol. The maximum absolute atomic E-state index is 9.12. The van der Waals surface area contributed by atoms with Gasteiger partial charge in [-0.25, -0.2) is 0 Å². The largest absolute Gasteiger partial charge is 0.303 e. The van der Waals surface area contributed by atoms with Crippen LogP contribution >= 0.6 is 0 Å². The fourth-order valence-electron chi connectivity index (χ4n) is 1.88. The van der Waals surface area contributed by atoms with E-state index in [1.54, 1.807) is 26.2 Å². The summed E-state index contributed by atoms with van der Waals surface area (Å²) in [6.45, 7) is 0. The van der Waals surface area contributed by atoms with Gasteiger partial charge in [0.05, 0.1) is 24.3 Å². The van der Waals surface area contributed by atoms with E-state index in [0.29, 0.717) is 0 Å². The zero-order valence-electron chi connectivity index (χ0n) is 9.55. The van der Waals surface area contributed by atoms with Gasteiger partial charge in [-0.3, -0.25) is 0 Å². The molecule has 0 N–H and O–H groups in total. The Morgan fingerprint density at radius 3 is 2.00 bits per heavy atom.